The van der Waals surface area contributed by atoms with Crippen LogP contribution in [0.5, 0.6) is 0 Å². The van der Waals surface area contributed by atoms with Gasteiger partial charge in [0.25, 0.3) is 0 Å². The number of nitrogens with zero attached hydrogens (tertiary/aromatic N) is 1. The lowest BCUT2D eigenvalue weighted by atomic mass is 10.1. The minimum Gasteiger partial charge on any atom is -0.478 e. The summed E-state index contributed by atoms with van der Waals surface area (Å²) < 4.78 is 0. The highest BCUT2D eigenvalue weighted by Gasteiger charge is 2.00. The summed E-state index contributed by atoms with van der Waals surface area (Å²) in [5, 5.41) is 13.5. The Hall–Kier alpha value is -2.33. The van der Waals surface area contributed by atoms with E-state index in [1.807, 2.05) is 19.1 Å². The molecule has 0 bridgehead atoms. The SMILES string of the molecule is Cc1ccc(N/N=C/c2ccc(C(=O)O)cc2)cc1Cl. The average Bonchev–Trinajstić information content (AvgIpc) is 2.43. The third kappa shape index (κ3) is 3.59. The zero-order valence-corrected chi connectivity index (χ0v) is 11.6. The van der Waals surface area contributed by atoms with Crippen LogP contribution in [-0.4, -0.2) is 17.3 Å². The number of carbonyl (C=O) groups is 1. The Bertz CT molecular complexity index is 651. The first kappa shape index (κ1) is 14.1. The van der Waals surface area contributed by atoms with Crippen molar-refractivity contribution >= 4 is 29.5 Å². The number of hydrogen-bond donors (Lipinski definition) is 2. The largest absolute Gasteiger partial charge is 0.478 e. The van der Waals surface area contributed by atoms with Gasteiger partial charge in [0.2, 0.25) is 0 Å². The lowest BCUT2D eigenvalue weighted by molar-refractivity contribution is 0.0697. The summed E-state index contributed by atoms with van der Waals surface area (Å²) in [6, 6.07) is 12.0. The monoisotopic (exact) mass is 288 g/mol. The highest BCUT2D eigenvalue weighted by molar-refractivity contribution is 6.31. The van der Waals surface area contributed by atoms with Crippen molar-refractivity contribution in [3.05, 3.63) is 64.2 Å². The molecule has 0 fully saturated rings. The van der Waals surface area contributed by atoms with Gasteiger partial charge in [-0.2, -0.15) is 5.10 Å². The summed E-state index contributed by atoms with van der Waals surface area (Å²) in [6.45, 7) is 1.93. The van der Waals surface area contributed by atoms with Gasteiger partial charge in [0, 0.05) is 5.02 Å². The molecule has 0 aliphatic heterocycles. The lowest BCUT2D eigenvalue weighted by Gasteiger charge is -2.02. The second kappa shape index (κ2) is 6.21. The molecule has 0 aliphatic carbocycles. The Balaban J connectivity index is 2.02. The van der Waals surface area contributed by atoms with Crippen LogP contribution in [0.4, 0.5) is 5.69 Å². The molecule has 2 aromatic carbocycles. The molecule has 0 spiro atoms. The van der Waals surface area contributed by atoms with E-state index in [0.717, 1.165) is 16.8 Å². The maximum absolute atomic E-state index is 10.7. The summed E-state index contributed by atoms with van der Waals surface area (Å²) in [6.07, 6.45) is 1.61. The number of aromatic carboxylic acids is 1. The molecule has 2 N–H and O–H groups in total. The summed E-state index contributed by atoms with van der Waals surface area (Å²) in [7, 11) is 0. The molecule has 0 radical (unpaired) electrons. The van der Waals surface area contributed by atoms with E-state index in [0.29, 0.717) is 5.02 Å². The van der Waals surface area contributed by atoms with Crippen LogP contribution in [0.3, 0.4) is 0 Å². The van der Waals surface area contributed by atoms with Crippen LogP contribution in [-0.2, 0) is 0 Å². The Morgan fingerprint density at radius 3 is 2.55 bits per heavy atom. The number of nitrogens with one attached hydrogen (secondary N) is 1. The quantitative estimate of drug-likeness (QED) is 0.664. The number of aryl methyl sites for hydroxylation is 1. The predicted molar refractivity (Wildman–Crippen MR) is 80.8 cm³/mol. The molecule has 20 heavy (non-hydrogen) atoms. The van der Waals surface area contributed by atoms with E-state index >= 15 is 0 Å². The molecule has 4 nitrogen and oxygen atoms in total. The highest BCUT2D eigenvalue weighted by Crippen LogP contribution is 2.19. The van der Waals surface area contributed by atoms with Gasteiger partial charge in [0.05, 0.1) is 17.5 Å². The van der Waals surface area contributed by atoms with Crippen LogP contribution in [0.2, 0.25) is 5.02 Å². The molecule has 2 rings (SSSR count). The summed E-state index contributed by atoms with van der Waals surface area (Å²) in [5.41, 5.74) is 5.72. The van der Waals surface area contributed by atoms with Gasteiger partial charge in [-0.1, -0.05) is 29.8 Å². The van der Waals surface area contributed by atoms with Crippen LogP contribution in [0.15, 0.2) is 47.6 Å². The number of anilines is 1. The van der Waals surface area contributed by atoms with E-state index in [1.165, 1.54) is 12.1 Å². The number of carboxylic acid groups (broad SMARTS) is 1. The minimum atomic E-state index is -0.944. The van der Waals surface area contributed by atoms with Gasteiger partial charge in [-0.15, -0.1) is 0 Å². The zero-order chi connectivity index (χ0) is 14.5. The fraction of sp³-hybridized carbons (Fsp3) is 0.0667. The van der Waals surface area contributed by atoms with Crippen molar-refractivity contribution in [2.24, 2.45) is 5.10 Å². The molecule has 0 aliphatic rings. The van der Waals surface area contributed by atoms with Crippen molar-refractivity contribution in [1.82, 2.24) is 0 Å². The maximum atomic E-state index is 10.7. The summed E-state index contributed by atoms with van der Waals surface area (Å²) in [5.74, 6) is -0.944. The first-order valence-electron chi connectivity index (χ1n) is 5.95. The first-order chi connectivity index (χ1) is 9.56. The van der Waals surface area contributed by atoms with Gasteiger partial charge in [-0.05, 0) is 42.3 Å². The van der Waals surface area contributed by atoms with Gasteiger partial charge in [0.1, 0.15) is 0 Å². The standard InChI is InChI=1S/C15H13ClN2O2/c1-10-2-7-13(8-14(10)16)18-17-9-11-3-5-12(6-4-11)15(19)20/h2-9,18H,1H3,(H,19,20)/b17-9+. The molecule has 0 heterocycles. The van der Waals surface area contributed by atoms with E-state index in [-0.39, 0.29) is 5.56 Å². The average molecular weight is 289 g/mol. The Morgan fingerprint density at radius 2 is 1.95 bits per heavy atom. The molecule has 5 heteroatoms. The normalized spacial score (nSPS) is 10.7. The lowest BCUT2D eigenvalue weighted by Crippen LogP contribution is -1.96. The molecule has 0 aromatic heterocycles. The van der Waals surface area contributed by atoms with Crippen LogP contribution in [0.25, 0.3) is 0 Å². The zero-order valence-electron chi connectivity index (χ0n) is 10.8. The number of hydrogen-bond acceptors (Lipinski definition) is 3. The van der Waals surface area contributed by atoms with Gasteiger partial charge in [0.15, 0.2) is 0 Å². The number of benzene rings is 2. The molecule has 2 aromatic rings. The van der Waals surface area contributed by atoms with E-state index < -0.39 is 5.97 Å². The third-order valence-electron chi connectivity index (χ3n) is 2.74. The second-order valence-corrected chi connectivity index (χ2v) is 4.67. The van der Waals surface area contributed by atoms with Crippen molar-refractivity contribution < 1.29 is 9.90 Å². The first-order valence-corrected chi connectivity index (χ1v) is 6.32. The Morgan fingerprint density at radius 1 is 1.25 bits per heavy atom. The van der Waals surface area contributed by atoms with E-state index in [9.17, 15) is 4.79 Å². The molecule has 102 valence electrons. The van der Waals surface area contributed by atoms with Gasteiger partial charge in [-0.3, -0.25) is 5.43 Å². The molecule has 0 unspecified atom stereocenters. The second-order valence-electron chi connectivity index (χ2n) is 4.26. The number of rotatable bonds is 4. The molecule has 0 saturated carbocycles. The molecular weight excluding hydrogens is 276 g/mol. The topological polar surface area (TPSA) is 61.7 Å². The molecule has 0 saturated heterocycles. The summed E-state index contributed by atoms with van der Waals surface area (Å²) >= 11 is 6.01. The van der Waals surface area contributed by atoms with Crippen molar-refractivity contribution in [3.8, 4) is 0 Å². The van der Waals surface area contributed by atoms with Crippen molar-refractivity contribution in [2.45, 2.75) is 6.92 Å². The smallest absolute Gasteiger partial charge is 0.335 e. The Kier molecular flexibility index (Phi) is 4.38. The van der Waals surface area contributed by atoms with Crippen molar-refractivity contribution in [1.29, 1.82) is 0 Å². The van der Waals surface area contributed by atoms with E-state index in [4.69, 9.17) is 16.7 Å². The van der Waals surface area contributed by atoms with E-state index in [2.05, 4.69) is 10.5 Å². The van der Waals surface area contributed by atoms with Crippen LogP contribution >= 0.6 is 11.6 Å². The van der Waals surface area contributed by atoms with Gasteiger partial charge in [-0.25, -0.2) is 4.79 Å². The van der Waals surface area contributed by atoms with Gasteiger partial charge < -0.3 is 5.11 Å². The number of carboxylic acids is 1. The van der Waals surface area contributed by atoms with Crippen molar-refractivity contribution in [2.75, 3.05) is 5.43 Å². The molecule has 0 amide bonds. The molecular formula is C15H13ClN2O2. The minimum absolute atomic E-state index is 0.250. The van der Waals surface area contributed by atoms with Crippen LogP contribution < -0.4 is 5.43 Å². The fourth-order valence-electron chi connectivity index (χ4n) is 1.56. The molecule has 0 atom stereocenters. The highest BCUT2D eigenvalue weighted by atomic mass is 35.5. The fourth-order valence-corrected chi connectivity index (χ4v) is 1.74. The number of hydrazone groups is 1. The van der Waals surface area contributed by atoms with Gasteiger partial charge >= 0.3 is 5.97 Å². The predicted octanol–water partition coefficient (Wildman–Crippen LogP) is 3.79. The Labute approximate surface area is 121 Å². The maximum Gasteiger partial charge on any atom is 0.335 e. The van der Waals surface area contributed by atoms with Crippen LogP contribution in [0.1, 0.15) is 21.5 Å². The third-order valence-corrected chi connectivity index (χ3v) is 3.14. The van der Waals surface area contributed by atoms with Crippen LogP contribution in [0, 0.1) is 6.92 Å². The van der Waals surface area contributed by atoms with Crippen molar-refractivity contribution in [3.63, 3.8) is 0 Å². The number of halogens is 1. The van der Waals surface area contributed by atoms with E-state index in [1.54, 1.807) is 24.4 Å². The summed E-state index contributed by atoms with van der Waals surface area (Å²) in [4.78, 5) is 10.7.